The third-order valence-electron chi connectivity index (χ3n) is 2.99. The Hall–Kier alpha value is -1.56. The summed E-state index contributed by atoms with van der Waals surface area (Å²) in [6.45, 7) is 3.92. The molecule has 2 aromatic heterocycles. The summed E-state index contributed by atoms with van der Waals surface area (Å²) in [7, 11) is 3.88. The number of hydrogen-bond donors (Lipinski definition) is 1. The molecule has 2 heterocycles. The van der Waals surface area contributed by atoms with E-state index in [0.717, 1.165) is 23.2 Å². The third kappa shape index (κ3) is 3.47. The maximum atomic E-state index is 4.55. The molecule has 0 bridgehead atoms. The van der Waals surface area contributed by atoms with Crippen LogP contribution in [-0.2, 0) is 6.54 Å². The lowest BCUT2D eigenvalue weighted by Crippen LogP contribution is -2.39. The second-order valence-electron chi connectivity index (χ2n) is 4.50. The standard InChI is InChI=1S/C13H21N5S/c1-4-5-6-17(3)12(14-2)15-9-11-10-18-7-8-19-13(18)16-11/h7-8,10H,4-6,9H2,1-3H3,(H,14,15). The summed E-state index contributed by atoms with van der Waals surface area (Å²) in [6.07, 6.45) is 6.45. The van der Waals surface area contributed by atoms with Crippen LogP contribution in [0.2, 0.25) is 0 Å². The number of fused-ring (bicyclic) bond motifs is 1. The van der Waals surface area contributed by atoms with E-state index < -0.39 is 0 Å². The molecule has 0 aliphatic carbocycles. The van der Waals surface area contributed by atoms with Gasteiger partial charge in [-0.3, -0.25) is 9.39 Å². The van der Waals surface area contributed by atoms with Gasteiger partial charge in [-0.15, -0.1) is 11.3 Å². The second-order valence-corrected chi connectivity index (χ2v) is 5.37. The molecule has 0 saturated heterocycles. The molecule has 0 aliphatic rings. The normalized spacial score (nSPS) is 12.1. The van der Waals surface area contributed by atoms with E-state index in [1.165, 1.54) is 12.8 Å². The van der Waals surface area contributed by atoms with Gasteiger partial charge in [0.05, 0.1) is 12.2 Å². The number of aromatic nitrogens is 2. The van der Waals surface area contributed by atoms with Crippen molar-refractivity contribution in [2.45, 2.75) is 26.3 Å². The number of nitrogens with one attached hydrogen (secondary N) is 1. The molecule has 19 heavy (non-hydrogen) atoms. The van der Waals surface area contributed by atoms with Gasteiger partial charge in [0, 0.05) is 38.4 Å². The number of imidazole rings is 1. The number of unbranched alkanes of at least 4 members (excludes halogenated alkanes) is 1. The van der Waals surface area contributed by atoms with E-state index in [1.54, 1.807) is 11.3 Å². The number of nitrogens with zero attached hydrogens (tertiary/aromatic N) is 4. The van der Waals surface area contributed by atoms with Gasteiger partial charge in [-0.1, -0.05) is 13.3 Å². The fourth-order valence-corrected chi connectivity index (χ4v) is 2.64. The smallest absolute Gasteiger partial charge is 0.193 e. The van der Waals surface area contributed by atoms with Gasteiger partial charge in [-0.25, -0.2) is 4.98 Å². The molecule has 0 spiro atoms. The quantitative estimate of drug-likeness (QED) is 0.674. The zero-order valence-electron chi connectivity index (χ0n) is 11.8. The van der Waals surface area contributed by atoms with Crippen molar-refractivity contribution >= 4 is 22.3 Å². The molecule has 0 aliphatic heterocycles. The van der Waals surface area contributed by atoms with E-state index in [1.807, 2.05) is 23.0 Å². The fraction of sp³-hybridized carbons (Fsp3) is 0.538. The SMILES string of the molecule is CCCCN(C)C(=NC)NCc1cn2ccsc2n1. The minimum absolute atomic E-state index is 0.706. The lowest BCUT2D eigenvalue weighted by atomic mass is 10.3. The van der Waals surface area contributed by atoms with Crippen LogP contribution in [0.5, 0.6) is 0 Å². The average Bonchev–Trinajstić information content (AvgIpc) is 2.97. The highest BCUT2D eigenvalue weighted by Crippen LogP contribution is 2.11. The van der Waals surface area contributed by atoms with E-state index in [9.17, 15) is 0 Å². The molecular formula is C13H21N5S. The number of thiazole rings is 1. The number of hydrogen-bond acceptors (Lipinski definition) is 3. The van der Waals surface area contributed by atoms with Crippen LogP contribution in [0.4, 0.5) is 0 Å². The monoisotopic (exact) mass is 279 g/mol. The molecule has 5 nitrogen and oxygen atoms in total. The molecule has 1 N–H and O–H groups in total. The zero-order valence-corrected chi connectivity index (χ0v) is 12.6. The molecule has 0 aromatic carbocycles. The van der Waals surface area contributed by atoms with Gasteiger partial charge < -0.3 is 10.2 Å². The van der Waals surface area contributed by atoms with Crippen LogP contribution in [0.1, 0.15) is 25.5 Å². The van der Waals surface area contributed by atoms with Crippen LogP contribution in [0.25, 0.3) is 4.96 Å². The highest BCUT2D eigenvalue weighted by Gasteiger charge is 2.07. The molecule has 0 fully saturated rings. The summed E-state index contributed by atoms with van der Waals surface area (Å²) < 4.78 is 2.05. The molecule has 2 aromatic rings. The largest absolute Gasteiger partial charge is 0.351 e. The molecule has 104 valence electrons. The van der Waals surface area contributed by atoms with E-state index in [4.69, 9.17) is 0 Å². The topological polar surface area (TPSA) is 44.9 Å². The van der Waals surface area contributed by atoms with Gasteiger partial charge in [0.1, 0.15) is 0 Å². The highest BCUT2D eigenvalue weighted by molar-refractivity contribution is 7.15. The van der Waals surface area contributed by atoms with E-state index in [-0.39, 0.29) is 0 Å². The van der Waals surface area contributed by atoms with Crippen molar-refractivity contribution in [3.8, 4) is 0 Å². The van der Waals surface area contributed by atoms with E-state index in [2.05, 4.69) is 40.4 Å². The Labute approximate surface area is 118 Å². The summed E-state index contributed by atoms with van der Waals surface area (Å²) in [5, 5.41) is 5.39. The Morgan fingerprint density at radius 2 is 2.42 bits per heavy atom. The van der Waals surface area contributed by atoms with Crippen molar-refractivity contribution in [3.05, 3.63) is 23.5 Å². The van der Waals surface area contributed by atoms with E-state index >= 15 is 0 Å². The predicted octanol–water partition coefficient (Wildman–Crippen LogP) is 2.20. The summed E-state index contributed by atoms with van der Waals surface area (Å²) >= 11 is 1.65. The van der Waals surface area contributed by atoms with Crippen LogP contribution >= 0.6 is 11.3 Å². The minimum Gasteiger partial charge on any atom is -0.351 e. The number of rotatable bonds is 5. The maximum absolute atomic E-state index is 4.55. The molecule has 6 heteroatoms. The van der Waals surface area contributed by atoms with Gasteiger partial charge in [-0.05, 0) is 6.42 Å². The molecule has 2 rings (SSSR count). The van der Waals surface area contributed by atoms with Gasteiger partial charge in [0.2, 0.25) is 0 Å². The van der Waals surface area contributed by atoms with Crippen molar-refractivity contribution < 1.29 is 0 Å². The first kappa shape index (κ1) is 13.9. The number of aliphatic imine (C=N–C) groups is 1. The Balaban J connectivity index is 1.90. The molecule has 0 atom stereocenters. The van der Waals surface area contributed by atoms with Crippen LogP contribution in [0.3, 0.4) is 0 Å². The summed E-state index contributed by atoms with van der Waals surface area (Å²) in [5.41, 5.74) is 1.04. The first-order valence-corrected chi connectivity index (χ1v) is 7.45. The molecule has 0 radical (unpaired) electrons. The average molecular weight is 279 g/mol. The summed E-state index contributed by atoms with van der Waals surface area (Å²) in [6, 6.07) is 0. The van der Waals surface area contributed by atoms with Crippen molar-refractivity contribution in [1.82, 2.24) is 19.6 Å². The predicted molar refractivity (Wildman–Crippen MR) is 80.8 cm³/mol. The Morgan fingerprint density at radius 1 is 1.58 bits per heavy atom. The van der Waals surface area contributed by atoms with Crippen LogP contribution in [-0.4, -0.2) is 40.9 Å². The Bertz CT molecular complexity index is 513. The van der Waals surface area contributed by atoms with Gasteiger partial charge in [0.15, 0.2) is 10.9 Å². The molecule has 0 amide bonds. The van der Waals surface area contributed by atoms with Crippen molar-refractivity contribution in [3.63, 3.8) is 0 Å². The Morgan fingerprint density at radius 3 is 3.11 bits per heavy atom. The van der Waals surface area contributed by atoms with Crippen molar-refractivity contribution in [2.24, 2.45) is 4.99 Å². The first-order chi connectivity index (χ1) is 9.24. The fourth-order valence-electron chi connectivity index (χ4n) is 1.92. The highest BCUT2D eigenvalue weighted by atomic mass is 32.1. The lowest BCUT2D eigenvalue weighted by Gasteiger charge is -2.21. The Kier molecular flexibility index (Phi) is 4.79. The molecule has 0 saturated carbocycles. The van der Waals surface area contributed by atoms with Crippen molar-refractivity contribution in [1.29, 1.82) is 0 Å². The lowest BCUT2D eigenvalue weighted by molar-refractivity contribution is 0.464. The van der Waals surface area contributed by atoms with Gasteiger partial charge >= 0.3 is 0 Å². The minimum atomic E-state index is 0.706. The van der Waals surface area contributed by atoms with Gasteiger partial charge in [0.25, 0.3) is 0 Å². The summed E-state index contributed by atoms with van der Waals surface area (Å²) in [4.78, 5) is 12.0. The van der Waals surface area contributed by atoms with Gasteiger partial charge in [-0.2, -0.15) is 0 Å². The third-order valence-corrected chi connectivity index (χ3v) is 3.76. The van der Waals surface area contributed by atoms with E-state index in [0.29, 0.717) is 6.54 Å². The summed E-state index contributed by atoms with van der Waals surface area (Å²) in [5.74, 6) is 0.921. The maximum Gasteiger partial charge on any atom is 0.193 e. The zero-order chi connectivity index (χ0) is 13.7. The number of guanidine groups is 1. The van der Waals surface area contributed by atoms with Crippen LogP contribution in [0.15, 0.2) is 22.8 Å². The molecular weight excluding hydrogens is 258 g/mol. The first-order valence-electron chi connectivity index (χ1n) is 6.57. The second kappa shape index (κ2) is 6.56. The van der Waals surface area contributed by atoms with Crippen LogP contribution in [0, 0.1) is 0 Å². The van der Waals surface area contributed by atoms with Crippen LogP contribution < -0.4 is 5.32 Å². The van der Waals surface area contributed by atoms with Crippen molar-refractivity contribution in [2.75, 3.05) is 20.6 Å². The molecule has 0 unspecified atom stereocenters.